The summed E-state index contributed by atoms with van der Waals surface area (Å²) in [5, 5.41) is 3.08. The smallest absolute Gasteiger partial charge is 0.239 e. The van der Waals surface area contributed by atoms with Gasteiger partial charge in [-0.15, -0.1) is 0 Å². The van der Waals surface area contributed by atoms with Gasteiger partial charge in [0.1, 0.15) is 6.04 Å². The fourth-order valence-corrected chi connectivity index (χ4v) is 1.85. The molecule has 1 amide bonds. The fraction of sp³-hybridized carbons (Fsp3) is 0.462. The topological polar surface area (TPSA) is 64.3 Å². The molecule has 0 heterocycles. The predicted octanol–water partition coefficient (Wildman–Crippen LogP) is 1.36. The molecular weight excluding hydrogens is 235 g/mol. The van der Waals surface area contributed by atoms with Gasteiger partial charge in [0.15, 0.2) is 11.6 Å². The van der Waals surface area contributed by atoms with Crippen LogP contribution in [0.3, 0.4) is 0 Å². The highest BCUT2D eigenvalue weighted by molar-refractivity contribution is 5.81. The number of hydrogen-bond donors (Lipinski definition) is 2. The van der Waals surface area contributed by atoms with Crippen molar-refractivity contribution in [3.8, 4) is 5.75 Å². The van der Waals surface area contributed by atoms with Crippen LogP contribution in [0.4, 0.5) is 4.39 Å². The second kappa shape index (κ2) is 5.35. The normalized spacial score (nSPS) is 16.3. The van der Waals surface area contributed by atoms with Gasteiger partial charge in [-0.1, -0.05) is 6.07 Å². The minimum absolute atomic E-state index is 0.157. The molecule has 1 fully saturated rings. The first kappa shape index (κ1) is 12.8. The second-order valence-electron chi connectivity index (χ2n) is 4.58. The summed E-state index contributed by atoms with van der Waals surface area (Å²) in [5.41, 5.74) is 5.87. The summed E-state index contributed by atoms with van der Waals surface area (Å²) in [5.74, 6) is -0.214. The van der Waals surface area contributed by atoms with E-state index in [1.54, 1.807) is 6.07 Å². The van der Waals surface area contributed by atoms with Gasteiger partial charge in [-0.3, -0.25) is 4.79 Å². The lowest BCUT2D eigenvalue weighted by molar-refractivity contribution is -0.120. The first-order valence-electron chi connectivity index (χ1n) is 5.98. The maximum atomic E-state index is 13.6. The Bertz CT molecular complexity index is 447. The molecule has 2 rings (SSSR count). The minimum Gasteiger partial charge on any atom is -0.494 e. The number of nitrogens with two attached hydrogens (primary N) is 1. The molecule has 0 radical (unpaired) electrons. The molecule has 1 unspecified atom stereocenters. The molecule has 1 aliphatic rings. The molecule has 1 atom stereocenters. The quantitative estimate of drug-likeness (QED) is 0.803. The van der Waals surface area contributed by atoms with E-state index in [0.29, 0.717) is 11.5 Å². The van der Waals surface area contributed by atoms with E-state index in [4.69, 9.17) is 10.5 Å². The van der Waals surface area contributed by atoms with E-state index in [1.165, 1.54) is 32.1 Å². The lowest BCUT2D eigenvalue weighted by Gasteiger charge is -2.16. The van der Waals surface area contributed by atoms with Crippen LogP contribution < -0.4 is 15.8 Å². The molecule has 18 heavy (non-hydrogen) atoms. The van der Waals surface area contributed by atoms with E-state index >= 15 is 0 Å². The Kier molecular flexibility index (Phi) is 3.81. The highest BCUT2D eigenvalue weighted by atomic mass is 19.1. The van der Waals surface area contributed by atoms with Crippen LogP contribution in [0, 0.1) is 11.7 Å². The number of carbonyl (C=O) groups is 1. The maximum absolute atomic E-state index is 13.6. The number of ether oxygens (including phenoxy) is 1. The van der Waals surface area contributed by atoms with Crippen molar-refractivity contribution in [1.82, 2.24) is 5.32 Å². The molecule has 1 aromatic carbocycles. The minimum atomic E-state index is -0.647. The number of carbonyl (C=O) groups excluding carboxylic acids is 1. The van der Waals surface area contributed by atoms with Crippen LogP contribution in [0.1, 0.15) is 24.4 Å². The monoisotopic (exact) mass is 252 g/mol. The third-order valence-corrected chi connectivity index (χ3v) is 3.10. The van der Waals surface area contributed by atoms with Gasteiger partial charge in [0.05, 0.1) is 7.11 Å². The Balaban J connectivity index is 2.13. The average molecular weight is 252 g/mol. The number of methoxy groups -OCH3 is 1. The zero-order valence-corrected chi connectivity index (χ0v) is 10.3. The SMILES string of the molecule is COc1ccc(C(NCC2CC2)C(N)=O)cc1F. The largest absolute Gasteiger partial charge is 0.494 e. The highest BCUT2D eigenvalue weighted by Gasteiger charge is 2.25. The molecule has 0 saturated heterocycles. The van der Waals surface area contributed by atoms with Crippen LogP contribution in [0.15, 0.2) is 18.2 Å². The van der Waals surface area contributed by atoms with Crippen LogP contribution in [-0.4, -0.2) is 19.6 Å². The number of halogens is 1. The highest BCUT2D eigenvalue weighted by Crippen LogP contribution is 2.29. The third-order valence-electron chi connectivity index (χ3n) is 3.10. The number of rotatable bonds is 6. The molecule has 0 bridgehead atoms. The summed E-state index contributed by atoms with van der Waals surface area (Å²) in [6, 6.07) is 3.79. The second-order valence-corrected chi connectivity index (χ2v) is 4.58. The van der Waals surface area contributed by atoms with Crippen LogP contribution in [0.2, 0.25) is 0 Å². The molecule has 1 aliphatic carbocycles. The summed E-state index contributed by atoms with van der Waals surface area (Å²) in [6.45, 7) is 0.737. The van der Waals surface area contributed by atoms with Gasteiger partial charge >= 0.3 is 0 Å². The Morgan fingerprint density at radius 1 is 1.61 bits per heavy atom. The van der Waals surface area contributed by atoms with Crippen molar-refractivity contribution in [3.05, 3.63) is 29.6 Å². The van der Waals surface area contributed by atoms with Crippen molar-refractivity contribution < 1.29 is 13.9 Å². The lowest BCUT2D eigenvalue weighted by atomic mass is 10.1. The zero-order chi connectivity index (χ0) is 13.1. The molecule has 1 aromatic rings. The van der Waals surface area contributed by atoms with Gasteiger partial charge in [-0.25, -0.2) is 4.39 Å². The van der Waals surface area contributed by atoms with E-state index in [2.05, 4.69) is 5.32 Å². The summed E-state index contributed by atoms with van der Waals surface area (Å²) < 4.78 is 18.4. The van der Waals surface area contributed by atoms with E-state index in [9.17, 15) is 9.18 Å². The number of nitrogens with one attached hydrogen (secondary N) is 1. The molecule has 98 valence electrons. The Hall–Kier alpha value is -1.62. The molecule has 0 aromatic heterocycles. The number of benzene rings is 1. The van der Waals surface area contributed by atoms with Crippen molar-refractivity contribution in [2.24, 2.45) is 11.7 Å². The van der Waals surface area contributed by atoms with Crippen molar-refractivity contribution in [1.29, 1.82) is 0 Å². The van der Waals surface area contributed by atoms with E-state index < -0.39 is 17.8 Å². The van der Waals surface area contributed by atoms with Crippen LogP contribution >= 0.6 is 0 Å². The van der Waals surface area contributed by atoms with Gasteiger partial charge in [0.2, 0.25) is 5.91 Å². The molecule has 4 nitrogen and oxygen atoms in total. The third kappa shape index (κ3) is 2.98. The summed E-state index contributed by atoms with van der Waals surface area (Å²) in [4.78, 5) is 11.4. The Morgan fingerprint density at radius 2 is 2.33 bits per heavy atom. The Morgan fingerprint density at radius 3 is 2.83 bits per heavy atom. The van der Waals surface area contributed by atoms with Gasteiger partial charge in [-0.05, 0) is 43.0 Å². The number of hydrogen-bond acceptors (Lipinski definition) is 3. The molecule has 0 aliphatic heterocycles. The van der Waals surface area contributed by atoms with E-state index in [-0.39, 0.29) is 5.75 Å². The van der Waals surface area contributed by atoms with Crippen molar-refractivity contribution in [2.75, 3.05) is 13.7 Å². The predicted molar refractivity (Wildman–Crippen MR) is 65.6 cm³/mol. The summed E-state index contributed by atoms with van der Waals surface area (Å²) >= 11 is 0. The number of amides is 1. The maximum Gasteiger partial charge on any atom is 0.239 e. The van der Waals surface area contributed by atoms with Crippen LogP contribution in [0.5, 0.6) is 5.75 Å². The zero-order valence-electron chi connectivity index (χ0n) is 10.3. The molecule has 1 saturated carbocycles. The van der Waals surface area contributed by atoms with Crippen molar-refractivity contribution >= 4 is 5.91 Å². The lowest BCUT2D eigenvalue weighted by Crippen LogP contribution is -2.34. The fourth-order valence-electron chi connectivity index (χ4n) is 1.85. The summed E-state index contributed by atoms with van der Waals surface area (Å²) in [7, 11) is 1.40. The molecule has 3 N–H and O–H groups in total. The Labute approximate surface area is 105 Å². The first-order valence-corrected chi connectivity index (χ1v) is 5.98. The first-order chi connectivity index (χ1) is 8.61. The number of primary amides is 1. The summed E-state index contributed by atoms with van der Waals surface area (Å²) in [6.07, 6.45) is 2.35. The van der Waals surface area contributed by atoms with Crippen LogP contribution in [0.25, 0.3) is 0 Å². The van der Waals surface area contributed by atoms with Crippen molar-refractivity contribution in [3.63, 3.8) is 0 Å². The van der Waals surface area contributed by atoms with E-state index in [0.717, 1.165) is 6.54 Å². The van der Waals surface area contributed by atoms with Gasteiger partial charge in [0.25, 0.3) is 0 Å². The standard InChI is InChI=1S/C13H17FN2O2/c1-18-11-5-4-9(6-10(11)14)12(13(15)17)16-7-8-2-3-8/h4-6,8,12,16H,2-3,7H2,1H3,(H2,15,17). The molecular formula is C13H17FN2O2. The van der Waals surface area contributed by atoms with Crippen LogP contribution in [-0.2, 0) is 4.79 Å². The average Bonchev–Trinajstić information content (AvgIpc) is 3.13. The van der Waals surface area contributed by atoms with Gasteiger partial charge < -0.3 is 15.8 Å². The van der Waals surface area contributed by atoms with E-state index in [1.807, 2.05) is 0 Å². The molecule has 0 spiro atoms. The van der Waals surface area contributed by atoms with Gasteiger partial charge in [0, 0.05) is 0 Å². The molecule has 5 heteroatoms. The van der Waals surface area contributed by atoms with Gasteiger partial charge in [-0.2, -0.15) is 0 Å². The van der Waals surface area contributed by atoms with Crippen molar-refractivity contribution in [2.45, 2.75) is 18.9 Å².